The summed E-state index contributed by atoms with van der Waals surface area (Å²) < 4.78 is 18.0. The maximum atomic E-state index is 12.7. The molecule has 0 aliphatic rings. The first-order valence-corrected chi connectivity index (χ1v) is 6.13. The summed E-state index contributed by atoms with van der Waals surface area (Å²) >= 11 is 0. The zero-order chi connectivity index (χ0) is 14.5. The zero-order valence-corrected chi connectivity index (χ0v) is 11.5. The highest BCUT2D eigenvalue weighted by atomic mass is 19.1. The number of amides is 1. The van der Waals surface area contributed by atoms with Gasteiger partial charge in [-0.05, 0) is 38.1 Å². The van der Waals surface area contributed by atoms with Gasteiger partial charge < -0.3 is 14.7 Å². The van der Waals surface area contributed by atoms with Crippen molar-refractivity contribution in [3.63, 3.8) is 0 Å². The molecule has 5 heteroatoms. The number of likely N-dealkylation sites (N-methyl/N-ethyl adjacent to an activating group) is 1. The van der Waals surface area contributed by atoms with Gasteiger partial charge in [-0.3, -0.25) is 4.79 Å². The van der Waals surface area contributed by atoms with E-state index in [0.717, 1.165) is 0 Å². The quantitative estimate of drug-likeness (QED) is 0.857. The topological polar surface area (TPSA) is 49.8 Å². The molecule has 4 nitrogen and oxygen atoms in total. The Morgan fingerprint density at radius 3 is 2.47 bits per heavy atom. The van der Waals surface area contributed by atoms with Crippen molar-refractivity contribution >= 4 is 5.91 Å². The fraction of sp³-hybridized carbons (Fsp3) is 0.500. The number of aliphatic hydroxyl groups is 1. The van der Waals surface area contributed by atoms with Gasteiger partial charge in [0.2, 0.25) is 5.91 Å². The van der Waals surface area contributed by atoms with Crippen molar-refractivity contribution in [1.82, 2.24) is 4.90 Å². The third-order valence-electron chi connectivity index (χ3n) is 3.07. The van der Waals surface area contributed by atoms with E-state index < -0.39 is 5.54 Å². The van der Waals surface area contributed by atoms with Gasteiger partial charge in [0.1, 0.15) is 11.6 Å². The highest BCUT2D eigenvalue weighted by molar-refractivity contribution is 5.76. The van der Waals surface area contributed by atoms with E-state index >= 15 is 0 Å². The molecule has 0 bridgehead atoms. The van der Waals surface area contributed by atoms with Crippen molar-refractivity contribution in [3.8, 4) is 5.75 Å². The highest BCUT2D eigenvalue weighted by Crippen LogP contribution is 2.14. The minimum absolute atomic E-state index is 0.103. The molecule has 0 aliphatic heterocycles. The summed E-state index contributed by atoms with van der Waals surface area (Å²) in [4.78, 5) is 13.4. The SMILES string of the molecule is CN(C(=O)CCOc1ccc(F)cc1)C(C)(C)CO. The Kier molecular flexibility index (Phi) is 5.30. The molecule has 1 aromatic rings. The lowest BCUT2D eigenvalue weighted by atomic mass is 10.0. The Labute approximate surface area is 112 Å². The maximum Gasteiger partial charge on any atom is 0.226 e. The number of rotatable bonds is 6. The van der Waals surface area contributed by atoms with Crippen molar-refractivity contribution in [2.75, 3.05) is 20.3 Å². The fourth-order valence-electron chi connectivity index (χ4n) is 1.40. The van der Waals surface area contributed by atoms with E-state index in [1.807, 2.05) is 0 Å². The second-order valence-corrected chi connectivity index (χ2v) is 4.98. The van der Waals surface area contributed by atoms with Gasteiger partial charge in [-0.15, -0.1) is 0 Å². The molecule has 1 rings (SSSR count). The minimum Gasteiger partial charge on any atom is -0.493 e. The van der Waals surface area contributed by atoms with E-state index in [2.05, 4.69) is 0 Å². The Morgan fingerprint density at radius 2 is 1.95 bits per heavy atom. The smallest absolute Gasteiger partial charge is 0.226 e. The summed E-state index contributed by atoms with van der Waals surface area (Å²) in [7, 11) is 1.65. The van der Waals surface area contributed by atoms with E-state index in [1.54, 1.807) is 20.9 Å². The highest BCUT2D eigenvalue weighted by Gasteiger charge is 2.26. The van der Waals surface area contributed by atoms with Crippen LogP contribution in [0.5, 0.6) is 5.75 Å². The van der Waals surface area contributed by atoms with Gasteiger partial charge in [0, 0.05) is 7.05 Å². The first-order valence-electron chi connectivity index (χ1n) is 6.13. The summed E-state index contributed by atoms with van der Waals surface area (Å²) in [6, 6.07) is 5.64. The number of benzene rings is 1. The molecule has 0 unspecified atom stereocenters. The van der Waals surface area contributed by atoms with Crippen molar-refractivity contribution in [2.45, 2.75) is 25.8 Å². The molecule has 0 heterocycles. The van der Waals surface area contributed by atoms with E-state index in [4.69, 9.17) is 4.74 Å². The van der Waals surface area contributed by atoms with Gasteiger partial charge >= 0.3 is 0 Å². The van der Waals surface area contributed by atoms with Crippen LogP contribution in [0.2, 0.25) is 0 Å². The van der Waals surface area contributed by atoms with Gasteiger partial charge in [-0.2, -0.15) is 0 Å². The first kappa shape index (κ1) is 15.4. The predicted octanol–water partition coefficient (Wildman–Crippen LogP) is 1.82. The molecule has 0 radical (unpaired) electrons. The van der Waals surface area contributed by atoms with Crippen LogP contribution in [0.4, 0.5) is 4.39 Å². The Morgan fingerprint density at radius 1 is 1.37 bits per heavy atom. The van der Waals surface area contributed by atoms with Gasteiger partial charge in [-0.25, -0.2) is 4.39 Å². The molecule has 0 spiro atoms. The summed E-state index contributed by atoms with van der Waals surface area (Å²) in [5.74, 6) is 0.0901. The average Bonchev–Trinajstić information content (AvgIpc) is 2.40. The fourth-order valence-corrected chi connectivity index (χ4v) is 1.40. The van der Waals surface area contributed by atoms with Gasteiger partial charge in [0.05, 0.1) is 25.2 Å². The van der Waals surface area contributed by atoms with Crippen LogP contribution in [0.15, 0.2) is 24.3 Å². The van der Waals surface area contributed by atoms with Gasteiger partial charge in [0.15, 0.2) is 0 Å². The number of ether oxygens (including phenoxy) is 1. The molecular weight excluding hydrogens is 249 g/mol. The Bertz CT molecular complexity index is 417. The Hall–Kier alpha value is -1.62. The maximum absolute atomic E-state index is 12.7. The molecule has 0 saturated carbocycles. The van der Waals surface area contributed by atoms with Crippen LogP contribution >= 0.6 is 0 Å². The average molecular weight is 269 g/mol. The molecule has 19 heavy (non-hydrogen) atoms. The molecule has 0 atom stereocenters. The molecule has 106 valence electrons. The number of hydrogen-bond acceptors (Lipinski definition) is 3. The summed E-state index contributed by atoms with van der Waals surface area (Å²) in [6.07, 6.45) is 0.206. The molecule has 1 aromatic carbocycles. The molecule has 0 aromatic heterocycles. The van der Waals surface area contributed by atoms with E-state index in [9.17, 15) is 14.3 Å². The van der Waals surface area contributed by atoms with Crippen LogP contribution in [-0.4, -0.2) is 41.7 Å². The van der Waals surface area contributed by atoms with Crippen LogP contribution < -0.4 is 4.74 Å². The molecule has 0 aliphatic carbocycles. The second-order valence-electron chi connectivity index (χ2n) is 4.98. The number of halogens is 1. The van der Waals surface area contributed by atoms with E-state index in [0.29, 0.717) is 5.75 Å². The largest absolute Gasteiger partial charge is 0.493 e. The van der Waals surface area contributed by atoms with Crippen molar-refractivity contribution < 1.29 is 19.0 Å². The third-order valence-corrected chi connectivity index (χ3v) is 3.07. The summed E-state index contributed by atoms with van der Waals surface area (Å²) in [5, 5.41) is 9.18. The van der Waals surface area contributed by atoms with E-state index in [-0.39, 0.29) is 31.4 Å². The molecule has 1 N–H and O–H groups in total. The number of hydrogen-bond donors (Lipinski definition) is 1. The van der Waals surface area contributed by atoms with Crippen molar-refractivity contribution in [2.24, 2.45) is 0 Å². The van der Waals surface area contributed by atoms with Crippen molar-refractivity contribution in [1.29, 1.82) is 0 Å². The summed E-state index contributed by atoms with van der Waals surface area (Å²) in [6.45, 7) is 3.68. The van der Waals surface area contributed by atoms with Crippen LogP contribution in [0.3, 0.4) is 0 Å². The number of aliphatic hydroxyl groups excluding tert-OH is 1. The van der Waals surface area contributed by atoms with Gasteiger partial charge in [-0.1, -0.05) is 0 Å². The minimum atomic E-state index is -0.590. The number of nitrogens with zero attached hydrogens (tertiary/aromatic N) is 1. The lowest BCUT2D eigenvalue weighted by Gasteiger charge is -2.34. The first-order chi connectivity index (χ1) is 8.86. The molecular formula is C14H20FNO3. The molecule has 0 saturated heterocycles. The van der Waals surface area contributed by atoms with Crippen LogP contribution in [0, 0.1) is 5.82 Å². The zero-order valence-electron chi connectivity index (χ0n) is 11.5. The third kappa shape index (κ3) is 4.52. The van der Waals surface area contributed by atoms with Crippen LogP contribution in [0.1, 0.15) is 20.3 Å². The standard InChI is InChI=1S/C14H20FNO3/c1-14(2,10-17)16(3)13(18)8-9-19-12-6-4-11(15)5-7-12/h4-7,17H,8-10H2,1-3H3. The van der Waals surface area contributed by atoms with Crippen LogP contribution in [0.25, 0.3) is 0 Å². The number of carbonyl (C=O) groups excluding carboxylic acids is 1. The predicted molar refractivity (Wildman–Crippen MR) is 70.4 cm³/mol. The lowest BCUT2D eigenvalue weighted by molar-refractivity contribution is -0.136. The summed E-state index contributed by atoms with van der Waals surface area (Å²) in [5.41, 5.74) is -0.590. The van der Waals surface area contributed by atoms with Gasteiger partial charge in [0.25, 0.3) is 0 Å². The monoisotopic (exact) mass is 269 g/mol. The Balaban J connectivity index is 2.41. The lowest BCUT2D eigenvalue weighted by Crippen LogP contribution is -2.47. The van der Waals surface area contributed by atoms with Crippen molar-refractivity contribution in [3.05, 3.63) is 30.1 Å². The number of carbonyl (C=O) groups is 1. The second kappa shape index (κ2) is 6.52. The normalized spacial score (nSPS) is 11.2. The molecule has 0 fully saturated rings. The molecule has 1 amide bonds. The van der Waals surface area contributed by atoms with Crippen LogP contribution in [-0.2, 0) is 4.79 Å². The van der Waals surface area contributed by atoms with E-state index in [1.165, 1.54) is 29.2 Å².